The number of rotatable bonds is 2. The molecule has 1 heterocycles. The first-order valence-electron chi connectivity index (χ1n) is 7.85. The smallest absolute Gasteiger partial charge is 0.336 e. The van der Waals surface area contributed by atoms with E-state index in [0.29, 0.717) is 33.8 Å². The molecule has 1 N–H and O–H groups in total. The maximum Gasteiger partial charge on any atom is 0.336 e. The molecule has 124 valence electrons. The number of carboxylic acid groups (broad SMARTS) is 1. The fraction of sp³-hybridized carbons (Fsp3) is 0.100. The van der Waals surface area contributed by atoms with Crippen molar-refractivity contribution in [2.75, 3.05) is 0 Å². The first kappa shape index (κ1) is 16.0. The van der Waals surface area contributed by atoms with Crippen molar-refractivity contribution >= 4 is 44.5 Å². The molecule has 0 spiro atoms. The number of hydrogen-bond donors (Lipinski definition) is 1. The lowest BCUT2D eigenvalue weighted by Crippen LogP contribution is -2.05. The van der Waals surface area contributed by atoms with Crippen LogP contribution in [0.3, 0.4) is 0 Å². The van der Waals surface area contributed by atoms with E-state index in [4.69, 9.17) is 4.98 Å². The first-order chi connectivity index (χ1) is 12.0. The lowest BCUT2D eigenvalue weighted by Gasteiger charge is -2.09. The van der Waals surface area contributed by atoms with Gasteiger partial charge in [0, 0.05) is 5.39 Å². The highest BCUT2D eigenvalue weighted by Crippen LogP contribution is 2.37. The van der Waals surface area contributed by atoms with Crippen LogP contribution in [0.15, 0.2) is 46.9 Å². The molecule has 3 aromatic rings. The maximum absolute atomic E-state index is 13.4. The van der Waals surface area contributed by atoms with Gasteiger partial charge in [-0.1, -0.05) is 24.3 Å². The van der Waals surface area contributed by atoms with Crippen molar-refractivity contribution in [1.82, 2.24) is 4.98 Å². The van der Waals surface area contributed by atoms with Crippen LogP contribution in [0.1, 0.15) is 33.6 Å². The Kier molecular flexibility index (Phi) is 3.88. The summed E-state index contributed by atoms with van der Waals surface area (Å²) >= 11 is 3.19. The second-order valence-electron chi connectivity index (χ2n) is 5.98. The number of allylic oxidation sites excluding steroid dienone is 1. The van der Waals surface area contributed by atoms with E-state index < -0.39 is 5.97 Å². The molecule has 1 aliphatic rings. The van der Waals surface area contributed by atoms with E-state index in [0.717, 1.165) is 22.4 Å². The molecular formula is C20H13BrFNO2. The number of halogens is 2. The molecule has 0 radical (unpaired) electrons. The highest BCUT2D eigenvalue weighted by atomic mass is 79.9. The normalized spacial score (nSPS) is 14.9. The number of pyridine rings is 1. The quantitative estimate of drug-likeness (QED) is 0.636. The Morgan fingerprint density at radius 3 is 2.76 bits per heavy atom. The summed E-state index contributed by atoms with van der Waals surface area (Å²) in [5.74, 6) is -1.24. The van der Waals surface area contributed by atoms with Crippen molar-refractivity contribution in [3.05, 3.63) is 75.1 Å². The molecule has 0 bridgehead atoms. The number of carbonyl (C=O) groups is 1. The summed E-state index contributed by atoms with van der Waals surface area (Å²) in [4.78, 5) is 16.5. The van der Waals surface area contributed by atoms with Gasteiger partial charge >= 0.3 is 5.97 Å². The number of para-hydroxylation sites is 1. The molecule has 5 heteroatoms. The molecule has 25 heavy (non-hydrogen) atoms. The molecule has 0 saturated carbocycles. The number of hydrogen-bond acceptors (Lipinski definition) is 2. The van der Waals surface area contributed by atoms with Crippen molar-refractivity contribution in [3.63, 3.8) is 0 Å². The Bertz CT molecular complexity index is 1060. The summed E-state index contributed by atoms with van der Waals surface area (Å²) in [6.45, 7) is 0. The lowest BCUT2D eigenvalue weighted by atomic mass is 10.0. The zero-order valence-electron chi connectivity index (χ0n) is 13.1. The highest BCUT2D eigenvalue weighted by Gasteiger charge is 2.26. The third kappa shape index (κ3) is 2.74. The number of nitrogens with zero attached hydrogens (tertiary/aromatic N) is 1. The molecule has 0 saturated heterocycles. The van der Waals surface area contributed by atoms with Gasteiger partial charge in [0.2, 0.25) is 0 Å². The number of fused-ring (bicyclic) bond motifs is 2. The average molecular weight is 398 g/mol. The van der Waals surface area contributed by atoms with Gasteiger partial charge in [0.25, 0.3) is 0 Å². The maximum atomic E-state index is 13.4. The van der Waals surface area contributed by atoms with Crippen molar-refractivity contribution < 1.29 is 14.3 Å². The predicted molar refractivity (Wildman–Crippen MR) is 99.0 cm³/mol. The molecule has 2 aromatic carbocycles. The fourth-order valence-corrected chi connectivity index (χ4v) is 3.72. The van der Waals surface area contributed by atoms with Crippen LogP contribution in [0.2, 0.25) is 0 Å². The van der Waals surface area contributed by atoms with Crippen LogP contribution in [0.4, 0.5) is 4.39 Å². The van der Waals surface area contributed by atoms with Crippen LogP contribution in [0.25, 0.3) is 22.6 Å². The fourth-order valence-electron chi connectivity index (χ4n) is 3.33. The highest BCUT2D eigenvalue weighted by molar-refractivity contribution is 9.10. The zero-order valence-corrected chi connectivity index (χ0v) is 14.7. The van der Waals surface area contributed by atoms with Crippen LogP contribution in [0, 0.1) is 5.82 Å². The summed E-state index contributed by atoms with van der Waals surface area (Å²) in [6.07, 6.45) is 3.31. The van der Waals surface area contributed by atoms with Gasteiger partial charge in [-0.05, 0) is 69.7 Å². The Labute approximate surface area is 152 Å². The summed E-state index contributed by atoms with van der Waals surface area (Å²) < 4.78 is 13.8. The van der Waals surface area contributed by atoms with Crippen LogP contribution in [-0.2, 0) is 6.42 Å². The van der Waals surface area contributed by atoms with Crippen LogP contribution in [-0.4, -0.2) is 16.1 Å². The molecular weight excluding hydrogens is 385 g/mol. The van der Waals surface area contributed by atoms with Gasteiger partial charge in [0.1, 0.15) is 5.82 Å². The Hall–Kier alpha value is -2.53. The average Bonchev–Trinajstić information content (AvgIpc) is 2.98. The van der Waals surface area contributed by atoms with Crippen LogP contribution in [0.5, 0.6) is 0 Å². The van der Waals surface area contributed by atoms with Gasteiger partial charge in [-0.2, -0.15) is 0 Å². The van der Waals surface area contributed by atoms with Gasteiger partial charge in [0.15, 0.2) is 0 Å². The van der Waals surface area contributed by atoms with Crippen molar-refractivity contribution in [1.29, 1.82) is 0 Å². The predicted octanol–water partition coefficient (Wildman–Crippen LogP) is 5.32. The second-order valence-corrected chi connectivity index (χ2v) is 6.83. The van der Waals surface area contributed by atoms with Crippen LogP contribution >= 0.6 is 15.9 Å². The lowest BCUT2D eigenvalue weighted by molar-refractivity contribution is 0.0698. The number of benzene rings is 2. The standard InChI is InChI=1S/C20H13BrFNO2/c21-15-10-11(5-8-16(15)22)9-12-6-7-14-18(20(24)25)13-3-1-2-4-17(13)23-19(12)14/h1-5,8-10H,6-7H2,(H,24,25). The van der Waals surface area contributed by atoms with Gasteiger partial charge in [-0.25, -0.2) is 14.2 Å². The number of aromatic nitrogens is 1. The van der Waals surface area contributed by atoms with Gasteiger partial charge < -0.3 is 5.11 Å². The number of aromatic carboxylic acids is 1. The molecule has 0 fully saturated rings. The minimum absolute atomic E-state index is 0.314. The molecule has 1 aliphatic carbocycles. The summed E-state index contributed by atoms with van der Waals surface area (Å²) in [5.41, 5.74) is 4.34. The van der Waals surface area contributed by atoms with Gasteiger partial charge in [-0.15, -0.1) is 0 Å². The Morgan fingerprint density at radius 1 is 1.20 bits per heavy atom. The van der Waals surface area contributed by atoms with Crippen molar-refractivity contribution in [2.45, 2.75) is 12.8 Å². The van der Waals surface area contributed by atoms with E-state index in [1.165, 1.54) is 6.07 Å². The van der Waals surface area contributed by atoms with Crippen LogP contribution < -0.4 is 0 Å². The molecule has 0 aliphatic heterocycles. The zero-order chi connectivity index (χ0) is 17.6. The van der Waals surface area contributed by atoms with Gasteiger partial charge in [-0.3, -0.25) is 0 Å². The van der Waals surface area contributed by atoms with E-state index in [2.05, 4.69) is 15.9 Å². The molecule has 0 unspecified atom stereocenters. The molecule has 3 nitrogen and oxygen atoms in total. The second kappa shape index (κ2) is 6.08. The van der Waals surface area contributed by atoms with Crippen molar-refractivity contribution in [2.24, 2.45) is 0 Å². The van der Waals surface area contributed by atoms with Gasteiger partial charge in [0.05, 0.1) is 21.2 Å². The van der Waals surface area contributed by atoms with E-state index in [1.54, 1.807) is 18.2 Å². The summed E-state index contributed by atoms with van der Waals surface area (Å²) in [5, 5.41) is 10.4. The molecule has 1 aromatic heterocycles. The molecule has 0 atom stereocenters. The van der Waals surface area contributed by atoms with E-state index in [9.17, 15) is 14.3 Å². The topological polar surface area (TPSA) is 50.2 Å². The molecule has 0 amide bonds. The van der Waals surface area contributed by atoms with Crippen molar-refractivity contribution in [3.8, 4) is 0 Å². The summed E-state index contributed by atoms with van der Waals surface area (Å²) in [6, 6.07) is 12.1. The molecule has 4 rings (SSSR count). The number of carboxylic acids is 1. The Morgan fingerprint density at radius 2 is 2.00 bits per heavy atom. The minimum atomic E-state index is -0.930. The third-order valence-corrected chi connectivity index (χ3v) is 5.05. The van der Waals surface area contributed by atoms with E-state index in [-0.39, 0.29) is 5.82 Å². The monoisotopic (exact) mass is 397 g/mol. The SMILES string of the molecule is O=C(O)c1c2c(nc3ccccc13)C(=Cc1ccc(F)c(Br)c1)CC2. The largest absolute Gasteiger partial charge is 0.478 e. The van der Waals surface area contributed by atoms with E-state index >= 15 is 0 Å². The minimum Gasteiger partial charge on any atom is -0.478 e. The first-order valence-corrected chi connectivity index (χ1v) is 8.65. The van der Waals surface area contributed by atoms with E-state index in [1.807, 2.05) is 24.3 Å². The Balaban J connectivity index is 1.91. The summed E-state index contributed by atoms with van der Waals surface area (Å²) in [7, 11) is 0. The third-order valence-electron chi connectivity index (χ3n) is 4.44.